The molecule has 30 heavy (non-hydrogen) atoms. The van der Waals surface area contributed by atoms with Crippen LogP contribution in [0.25, 0.3) is 0 Å². The first kappa shape index (κ1) is 20.0. The molecule has 0 aliphatic carbocycles. The predicted octanol–water partition coefficient (Wildman–Crippen LogP) is 4.81. The van der Waals surface area contributed by atoms with Crippen LogP contribution in [0.2, 0.25) is 0 Å². The van der Waals surface area contributed by atoms with E-state index in [9.17, 15) is 0 Å². The Bertz CT molecular complexity index is 1080. The summed E-state index contributed by atoms with van der Waals surface area (Å²) < 4.78 is 8.32. The largest absolute Gasteiger partial charge is 0.457 e. The third-order valence-corrected chi connectivity index (χ3v) is 5.19. The Morgan fingerprint density at radius 2 is 1.80 bits per heavy atom. The van der Waals surface area contributed by atoms with E-state index in [1.165, 1.54) is 0 Å². The smallest absolute Gasteiger partial charge is 0.151 e. The van der Waals surface area contributed by atoms with Gasteiger partial charge in [-0.1, -0.05) is 26.8 Å². The van der Waals surface area contributed by atoms with E-state index in [0.717, 1.165) is 60.0 Å². The average Bonchev–Trinajstić information content (AvgIpc) is 2.95. The number of ether oxygens (including phenoxy) is 1. The first-order valence-electron chi connectivity index (χ1n) is 10.5. The van der Waals surface area contributed by atoms with Gasteiger partial charge in [0.1, 0.15) is 23.0 Å². The first-order valence-corrected chi connectivity index (χ1v) is 10.5. The number of amidine groups is 1. The molecule has 0 saturated carbocycles. The molecule has 0 radical (unpaired) electrons. The van der Waals surface area contributed by atoms with Crippen molar-refractivity contribution in [1.82, 2.24) is 9.55 Å². The summed E-state index contributed by atoms with van der Waals surface area (Å²) in [5, 5.41) is 0. The van der Waals surface area contributed by atoms with Gasteiger partial charge in [-0.05, 0) is 48.2 Å². The highest BCUT2D eigenvalue weighted by Crippen LogP contribution is 2.34. The molecule has 0 bridgehead atoms. The topological polar surface area (TPSA) is 91.5 Å². The standard InChI is InChI=1S/C24H29N5O/c1-4-5-22-28-23-21(29(22)14-15(2)3)12-16-6-9-19(13-20(16)27-24(23)26)30-18-10-7-17(25)8-11-18/h6-11,13,15H,4-5,12,14,25H2,1-3H3,(H2,26,27). The number of benzene rings is 2. The lowest BCUT2D eigenvalue weighted by Gasteiger charge is -2.15. The number of aryl methyl sites for hydroxylation is 1. The van der Waals surface area contributed by atoms with E-state index >= 15 is 0 Å². The monoisotopic (exact) mass is 403 g/mol. The van der Waals surface area contributed by atoms with E-state index in [2.05, 4.69) is 31.4 Å². The van der Waals surface area contributed by atoms with Crippen molar-refractivity contribution < 1.29 is 4.74 Å². The third-order valence-electron chi connectivity index (χ3n) is 5.19. The maximum absolute atomic E-state index is 6.41. The average molecular weight is 404 g/mol. The van der Waals surface area contributed by atoms with Gasteiger partial charge >= 0.3 is 0 Å². The maximum Gasteiger partial charge on any atom is 0.151 e. The van der Waals surface area contributed by atoms with Crippen molar-refractivity contribution >= 4 is 17.2 Å². The van der Waals surface area contributed by atoms with Crippen molar-refractivity contribution in [3.05, 3.63) is 65.2 Å². The number of nitrogen functional groups attached to an aromatic ring is 1. The van der Waals surface area contributed by atoms with Crippen LogP contribution >= 0.6 is 0 Å². The molecule has 2 heterocycles. The molecule has 1 aliphatic rings. The van der Waals surface area contributed by atoms with Crippen LogP contribution in [0.5, 0.6) is 11.5 Å². The summed E-state index contributed by atoms with van der Waals surface area (Å²) in [6.07, 6.45) is 2.74. The van der Waals surface area contributed by atoms with Gasteiger partial charge in [0, 0.05) is 31.1 Å². The van der Waals surface area contributed by atoms with E-state index in [1.807, 2.05) is 36.4 Å². The van der Waals surface area contributed by atoms with Crippen LogP contribution in [-0.4, -0.2) is 15.4 Å². The van der Waals surface area contributed by atoms with Gasteiger partial charge in [0.15, 0.2) is 5.84 Å². The van der Waals surface area contributed by atoms with Gasteiger partial charge in [0.2, 0.25) is 0 Å². The minimum absolute atomic E-state index is 0.466. The fourth-order valence-electron chi connectivity index (χ4n) is 3.81. The Morgan fingerprint density at radius 1 is 1.07 bits per heavy atom. The second kappa shape index (κ2) is 8.22. The molecule has 6 heteroatoms. The second-order valence-corrected chi connectivity index (χ2v) is 8.21. The third kappa shape index (κ3) is 4.03. The molecule has 0 amide bonds. The van der Waals surface area contributed by atoms with Crippen LogP contribution in [0.1, 0.15) is 50.0 Å². The van der Waals surface area contributed by atoms with Gasteiger partial charge < -0.3 is 20.8 Å². The van der Waals surface area contributed by atoms with Crippen LogP contribution in [0, 0.1) is 5.92 Å². The number of nitrogens with zero attached hydrogens (tertiary/aromatic N) is 3. The summed E-state index contributed by atoms with van der Waals surface area (Å²) in [6.45, 7) is 7.56. The van der Waals surface area contributed by atoms with Crippen LogP contribution in [0.15, 0.2) is 47.5 Å². The molecular weight excluding hydrogens is 374 g/mol. The number of anilines is 1. The lowest BCUT2D eigenvalue weighted by atomic mass is 10.1. The van der Waals surface area contributed by atoms with Crippen LogP contribution in [0.4, 0.5) is 11.4 Å². The van der Waals surface area contributed by atoms with E-state index < -0.39 is 0 Å². The molecule has 2 aromatic carbocycles. The van der Waals surface area contributed by atoms with Crippen molar-refractivity contribution in [2.24, 2.45) is 16.6 Å². The molecule has 4 rings (SSSR count). The number of hydrogen-bond acceptors (Lipinski definition) is 5. The SMILES string of the molecule is CCCc1nc2c(n1CC(C)C)Cc1ccc(Oc3ccc(N)cc3)cc1N=C2N. The summed E-state index contributed by atoms with van der Waals surface area (Å²) in [5.74, 6) is 3.53. The maximum atomic E-state index is 6.41. The normalized spacial score (nSPS) is 12.9. The summed E-state index contributed by atoms with van der Waals surface area (Å²) in [7, 11) is 0. The molecule has 0 spiro atoms. The predicted molar refractivity (Wildman–Crippen MR) is 122 cm³/mol. The Kier molecular flexibility index (Phi) is 5.48. The van der Waals surface area contributed by atoms with Crippen molar-refractivity contribution in [3.8, 4) is 11.5 Å². The zero-order chi connectivity index (χ0) is 21.3. The van der Waals surface area contributed by atoms with Crippen molar-refractivity contribution in [3.63, 3.8) is 0 Å². The number of fused-ring (bicyclic) bond motifs is 2. The molecule has 0 atom stereocenters. The van der Waals surface area contributed by atoms with Gasteiger partial charge in [0.05, 0.1) is 11.4 Å². The Hall–Kier alpha value is -3.28. The molecule has 1 aliphatic heterocycles. The van der Waals surface area contributed by atoms with Crippen molar-refractivity contribution in [2.45, 2.75) is 46.6 Å². The highest BCUT2D eigenvalue weighted by Gasteiger charge is 2.24. The Labute approximate surface area is 177 Å². The minimum atomic E-state index is 0.466. The number of nitrogens with two attached hydrogens (primary N) is 2. The number of imidazole rings is 1. The summed E-state index contributed by atoms with van der Waals surface area (Å²) >= 11 is 0. The Morgan fingerprint density at radius 3 is 2.50 bits per heavy atom. The molecule has 0 unspecified atom stereocenters. The van der Waals surface area contributed by atoms with E-state index in [1.54, 1.807) is 0 Å². The highest BCUT2D eigenvalue weighted by atomic mass is 16.5. The van der Waals surface area contributed by atoms with Gasteiger partial charge in [-0.2, -0.15) is 0 Å². The quantitative estimate of drug-likeness (QED) is 0.578. The van der Waals surface area contributed by atoms with E-state index in [0.29, 0.717) is 23.2 Å². The number of aliphatic imine (C=N–C) groups is 1. The van der Waals surface area contributed by atoms with Gasteiger partial charge in [-0.15, -0.1) is 0 Å². The van der Waals surface area contributed by atoms with Crippen molar-refractivity contribution in [2.75, 3.05) is 5.73 Å². The van der Waals surface area contributed by atoms with Gasteiger partial charge in [-0.25, -0.2) is 9.98 Å². The summed E-state index contributed by atoms with van der Waals surface area (Å²) in [6, 6.07) is 13.3. The molecule has 156 valence electrons. The van der Waals surface area contributed by atoms with E-state index in [-0.39, 0.29) is 0 Å². The molecule has 1 aromatic heterocycles. The van der Waals surface area contributed by atoms with Gasteiger partial charge in [0.25, 0.3) is 0 Å². The van der Waals surface area contributed by atoms with Crippen molar-refractivity contribution in [1.29, 1.82) is 0 Å². The first-order chi connectivity index (χ1) is 14.4. The highest BCUT2D eigenvalue weighted by molar-refractivity contribution is 5.99. The number of hydrogen-bond donors (Lipinski definition) is 2. The van der Waals surface area contributed by atoms with Crippen LogP contribution in [-0.2, 0) is 19.4 Å². The fourth-order valence-corrected chi connectivity index (χ4v) is 3.81. The van der Waals surface area contributed by atoms with Gasteiger partial charge in [-0.3, -0.25) is 0 Å². The molecule has 0 saturated heterocycles. The second-order valence-electron chi connectivity index (χ2n) is 8.21. The summed E-state index contributed by atoms with van der Waals surface area (Å²) in [4.78, 5) is 9.59. The zero-order valence-corrected chi connectivity index (χ0v) is 17.9. The zero-order valence-electron chi connectivity index (χ0n) is 17.9. The fraction of sp³-hybridized carbons (Fsp3) is 0.333. The molecular formula is C24H29N5O. The molecule has 6 nitrogen and oxygen atoms in total. The summed E-state index contributed by atoms with van der Waals surface area (Å²) in [5.41, 5.74) is 16.8. The minimum Gasteiger partial charge on any atom is -0.457 e. The number of aromatic nitrogens is 2. The lowest BCUT2D eigenvalue weighted by molar-refractivity contribution is 0.482. The lowest BCUT2D eigenvalue weighted by Crippen LogP contribution is -2.16. The Balaban J connectivity index is 1.70. The molecule has 0 fully saturated rings. The van der Waals surface area contributed by atoms with Crippen LogP contribution < -0.4 is 16.2 Å². The van der Waals surface area contributed by atoms with Crippen LogP contribution in [0.3, 0.4) is 0 Å². The molecule has 3 aromatic rings. The van der Waals surface area contributed by atoms with E-state index in [4.69, 9.17) is 26.2 Å². The number of rotatable bonds is 6. The molecule has 4 N–H and O–H groups in total.